The molecule has 0 amide bonds. The first-order valence-electron chi connectivity index (χ1n) is 10.2. The predicted octanol–water partition coefficient (Wildman–Crippen LogP) is 3.72. The highest BCUT2D eigenvalue weighted by Crippen LogP contribution is 2.23. The molecule has 0 aliphatic carbocycles. The fourth-order valence-electron chi connectivity index (χ4n) is 3.39. The summed E-state index contributed by atoms with van der Waals surface area (Å²) in [6.45, 7) is 8.47. The van der Waals surface area contributed by atoms with Gasteiger partial charge in [-0.15, -0.1) is 35.3 Å². The summed E-state index contributed by atoms with van der Waals surface area (Å²) in [5.74, 6) is 3.01. The zero-order chi connectivity index (χ0) is 20.8. The Hall–Kier alpha value is -1.63. The van der Waals surface area contributed by atoms with E-state index < -0.39 is 0 Å². The van der Waals surface area contributed by atoms with Gasteiger partial charge in [-0.1, -0.05) is 11.6 Å². The number of thiophene rings is 1. The first kappa shape index (κ1) is 24.0. The molecule has 0 radical (unpaired) electrons. The number of rotatable bonds is 7. The van der Waals surface area contributed by atoms with Gasteiger partial charge in [0.15, 0.2) is 11.7 Å². The molecule has 1 saturated heterocycles. The smallest absolute Gasteiger partial charge is 0.216 e. The zero-order valence-electron chi connectivity index (χ0n) is 17.4. The van der Waals surface area contributed by atoms with Crippen LogP contribution in [0.4, 0.5) is 0 Å². The Morgan fingerprint density at radius 2 is 2.13 bits per heavy atom. The Balaban J connectivity index is 0.00000272. The van der Waals surface area contributed by atoms with Crippen LogP contribution in [0, 0.1) is 0 Å². The standard InChI is InChI=1S/C20H26ClN7OS.HI/c1-2-22-20(23-8-7-18-24-19(26-25-18)16-4-3-13-29-16)28-11-9-27(10-12-28)14-15-5-6-17(21)30-15;/h3-6,13H,2,7-12,14H2,1H3,(H,22,23)(H,24,25,26);1H. The van der Waals surface area contributed by atoms with Crippen molar-refractivity contribution in [1.82, 2.24) is 30.3 Å². The molecule has 0 saturated carbocycles. The van der Waals surface area contributed by atoms with Crippen LogP contribution in [-0.2, 0) is 13.0 Å². The van der Waals surface area contributed by atoms with E-state index in [9.17, 15) is 0 Å². The van der Waals surface area contributed by atoms with E-state index in [1.54, 1.807) is 17.6 Å². The van der Waals surface area contributed by atoms with Crippen molar-refractivity contribution in [3.63, 3.8) is 0 Å². The third kappa shape index (κ3) is 6.67. The highest BCUT2D eigenvalue weighted by atomic mass is 127. The number of aromatic nitrogens is 3. The van der Waals surface area contributed by atoms with E-state index in [0.29, 0.717) is 24.6 Å². The van der Waals surface area contributed by atoms with E-state index in [0.717, 1.165) is 55.4 Å². The summed E-state index contributed by atoms with van der Waals surface area (Å²) in [6, 6.07) is 7.76. The van der Waals surface area contributed by atoms with Gasteiger partial charge in [0.2, 0.25) is 5.82 Å². The van der Waals surface area contributed by atoms with Crippen LogP contribution in [-0.4, -0.2) is 70.2 Å². The summed E-state index contributed by atoms with van der Waals surface area (Å²) in [5.41, 5.74) is 0. The van der Waals surface area contributed by atoms with Crippen LogP contribution in [0.1, 0.15) is 17.6 Å². The third-order valence-electron chi connectivity index (χ3n) is 4.90. The third-order valence-corrected chi connectivity index (χ3v) is 6.11. The van der Waals surface area contributed by atoms with Crippen molar-refractivity contribution in [2.75, 3.05) is 39.3 Å². The van der Waals surface area contributed by atoms with Gasteiger partial charge in [0.05, 0.1) is 10.6 Å². The summed E-state index contributed by atoms with van der Waals surface area (Å²) in [5, 5.41) is 10.6. The van der Waals surface area contributed by atoms with Gasteiger partial charge in [-0.25, -0.2) is 4.98 Å². The maximum absolute atomic E-state index is 6.05. The maximum Gasteiger partial charge on any atom is 0.216 e. The number of furan rings is 1. The predicted molar refractivity (Wildman–Crippen MR) is 135 cm³/mol. The van der Waals surface area contributed by atoms with Gasteiger partial charge >= 0.3 is 0 Å². The Morgan fingerprint density at radius 3 is 2.81 bits per heavy atom. The molecule has 0 spiro atoms. The number of aliphatic imine (C=N–C) groups is 1. The molecule has 3 aromatic rings. The largest absolute Gasteiger partial charge is 0.461 e. The lowest BCUT2D eigenvalue weighted by atomic mass is 10.3. The fourth-order valence-corrected chi connectivity index (χ4v) is 4.52. The first-order valence-corrected chi connectivity index (χ1v) is 11.4. The van der Waals surface area contributed by atoms with Crippen LogP contribution in [0.3, 0.4) is 0 Å². The Bertz CT molecular complexity index is 951. The number of hydrogen-bond donors (Lipinski definition) is 2. The van der Waals surface area contributed by atoms with Gasteiger partial charge in [0.1, 0.15) is 5.82 Å². The topological polar surface area (TPSA) is 85.6 Å². The molecule has 3 aromatic heterocycles. The van der Waals surface area contributed by atoms with E-state index in [4.69, 9.17) is 21.0 Å². The summed E-state index contributed by atoms with van der Waals surface area (Å²) in [6.07, 6.45) is 2.31. The van der Waals surface area contributed by atoms with E-state index in [1.165, 1.54) is 4.88 Å². The number of H-pyrrole nitrogens is 1. The van der Waals surface area contributed by atoms with Crippen molar-refractivity contribution in [2.24, 2.45) is 4.99 Å². The SMILES string of the molecule is CCNC(=NCCc1nc(-c2ccco2)n[nH]1)N1CCN(Cc2ccc(Cl)s2)CC1.I. The Kier molecular flexibility index (Phi) is 9.17. The van der Waals surface area contributed by atoms with Crippen molar-refractivity contribution in [1.29, 1.82) is 0 Å². The van der Waals surface area contributed by atoms with Crippen molar-refractivity contribution in [3.05, 3.63) is 45.6 Å². The zero-order valence-corrected chi connectivity index (χ0v) is 21.3. The maximum atomic E-state index is 6.05. The summed E-state index contributed by atoms with van der Waals surface area (Å²) >= 11 is 7.71. The molecule has 8 nitrogen and oxygen atoms in total. The molecule has 1 aliphatic heterocycles. The van der Waals surface area contributed by atoms with Crippen LogP contribution < -0.4 is 5.32 Å². The van der Waals surface area contributed by atoms with Crippen LogP contribution in [0.5, 0.6) is 0 Å². The van der Waals surface area contributed by atoms with Crippen LogP contribution in [0.25, 0.3) is 11.6 Å². The van der Waals surface area contributed by atoms with E-state index in [-0.39, 0.29) is 24.0 Å². The van der Waals surface area contributed by atoms with Crippen LogP contribution in [0.15, 0.2) is 39.9 Å². The van der Waals surface area contributed by atoms with E-state index >= 15 is 0 Å². The van der Waals surface area contributed by atoms with Crippen molar-refractivity contribution in [2.45, 2.75) is 19.9 Å². The number of guanidine groups is 1. The van der Waals surface area contributed by atoms with Crippen LogP contribution in [0.2, 0.25) is 4.34 Å². The van der Waals surface area contributed by atoms with Crippen molar-refractivity contribution >= 4 is 52.9 Å². The normalized spacial score (nSPS) is 15.2. The number of aromatic amines is 1. The molecule has 11 heteroatoms. The molecule has 4 rings (SSSR count). The molecule has 0 aromatic carbocycles. The second kappa shape index (κ2) is 11.8. The average Bonchev–Trinajstić information content (AvgIpc) is 3.50. The minimum absolute atomic E-state index is 0. The number of nitrogens with one attached hydrogen (secondary N) is 2. The first-order chi connectivity index (χ1) is 14.7. The highest BCUT2D eigenvalue weighted by molar-refractivity contribution is 14.0. The van der Waals surface area contributed by atoms with E-state index in [1.807, 2.05) is 18.2 Å². The summed E-state index contributed by atoms with van der Waals surface area (Å²) in [7, 11) is 0. The quantitative estimate of drug-likeness (QED) is 0.254. The van der Waals surface area contributed by atoms with Gasteiger partial charge in [0, 0.05) is 57.1 Å². The monoisotopic (exact) mass is 575 g/mol. The van der Waals surface area contributed by atoms with Crippen molar-refractivity contribution in [3.8, 4) is 11.6 Å². The summed E-state index contributed by atoms with van der Waals surface area (Å²) < 4.78 is 6.19. The Labute approximate surface area is 208 Å². The molecule has 0 atom stereocenters. The molecule has 1 fully saturated rings. The average molecular weight is 576 g/mol. The summed E-state index contributed by atoms with van der Waals surface area (Å²) in [4.78, 5) is 15.4. The number of hydrogen-bond acceptors (Lipinski definition) is 6. The number of nitrogens with zero attached hydrogens (tertiary/aromatic N) is 5. The minimum atomic E-state index is 0. The molecule has 0 bridgehead atoms. The molecular formula is C20H27ClIN7OS. The molecule has 4 heterocycles. The second-order valence-corrected chi connectivity index (χ2v) is 8.84. The molecule has 31 heavy (non-hydrogen) atoms. The molecule has 2 N–H and O–H groups in total. The number of piperazine rings is 1. The van der Waals surface area contributed by atoms with Gasteiger partial charge in [-0.3, -0.25) is 15.0 Å². The van der Waals surface area contributed by atoms with Gasteiger partial charge in [-0.2, -0.15) is 5.10 Å². The molecule has 0 unspecified atom stereocenters. The van der Waals surface area contributed by atoms with Crippen LogP contribution >= 0.6 is 46.9 Å². The number of halogens is 2. The second-order valence-electron chi connectivity index (χ2n) is 7.04. The van der Waals surface area contributed by atoms with Crippen molar-refractivity contribution < 1.29 is 4.42 Å². The molecular weight excluding hydrogens is 549 g/mol. The fraction of sp³-hybridized carbons (Fsp3) is 0.450. The molecule has 1 aliphatic rings. The Morgan fingerprint density at radius 1 is 1.29 bits per heavy atom. The lowest BCUT2D eigenvalue weighted by molar-refractivity contribution is 0.173. The van der Waals surface area contributed by atoms with Gasteiger partial charge < -0.3 is 14.6 Å². The van der Waals surface area contributed by atoms with Gasteiger partial charge in [0.25, 0.3) is 0 Å². The van der Waals surface area contributed by atoms with E-state index in [2.05, 4.69) is 43.3 Å². The van der Waals surface area contributed by atoms with Gasteiger partial charge in [-0.05, 0) is 31.2 Å². The lowest BCUT2D eigenvalue weighted by Gasteiger charge is -2.36. The molecule has 168 valence electrons. The lowest BCUT2D eigenvalue weighted by Crippen LogP contribution is -2.52. The highest BCUT2D eigenvalue weighted by Gasteiger charge is 2.20. The minimum Gasteiger partial charge on any atom is -0.461 e.